The topological polar surface area (TPSA) is 35.6 Å². The summed E-state index contributed by atoms with van der Waals surface area (Å²) >= 11 is 1.70. The van der Waals surface area contributed by atoms with Crippen LogP contribution in [0.15, 0.2) is 11.4 Å². The number of nitrogens with zero attached hydrogens (tertiary/aromatic N) is 2. The molecule has 0 unspecified atom stereocenters. The van der Waals surface area contributed by atoms with Gasteiger partial charge in [-0.1, -0.05) is 6.92 Å². The molecule has 5 heteroatoms. The first kappa shape index (κ1) is 13.4. The second-order valence-corrected chi connectivity index (χ2v) is 5.61. The van der Waals surface area contributed by atoms with Gasteiger partial charge in [-0.2, -0.15) is 0 Å². The van der Waals surface area contributed by atoms with Gasteiger partial charge in [0.15, 0.2) is 0 Å². The van der Waals surface area contributed by atoms with Crippen molar-refractivity contribution >= 4 is 17.4 Å². The summed E-state index contributed by atoms with van der Waals surface area (Å²) in [6.45, 7) is 9.61. The van der Waals surface area contributed by atoms with Gasteiger partial charge in [0.1, 0.15) is 0 Å². The largest absolute Gasteiger partial charge is 0.333 e. The van der Waals surface area contributed by atoms with E-state index in [4.69, 9.17) is 0 Å². The van der Waals surface area contributed by atoms with Crippen molar-refractivity contribution in [2.45, 2.75) is 20.4 Å². The Morgan fingerprint density at radius 1 is 1.39 bits per heavy atom. The molecule has 1 aromatic rings. The second-order valence-electron chi connectivity index (χ2n) is 4.61. The van der Waals surface area contributed by atoms with Gasteiger partial charge in [-0.15, -0.1) is 11.3 Å². The number of piperazine rings is 1. The lowest BCUT2D eigenvalue weighted by atomic mass is 10.3. The van der Waals surface area contributed by atoms with Crippen LogP contribution in [0, 0.1) is 6.92 Å². The van der Waals surface area contributed by atoms with Crippen molar-refractivity contribution in [2.24, 2.45) is 0 Å². The number of hydrogen-bond donors (Lipinski definition) is 1. The molecule has 100 valence electrons. The Kier molecular flexibility index (Phi) is 4.60. The average Bonchev–Trinajstić information content (AvgIpc) is 2.81. The van der Waals surface area contributed by atoms with Gasteiger partial charge >= 0.3 is 6.03 Å². The summed E-state index contributed by atoms with van der Waals surface area (Å²) in [6.07, 6.45) is 0. The molecule has 1 aliphatic heterocycles. The van der Waals surface area contributed by atoms with E-state index in [0.29, 0.717) is 6.54 Å². The number of likely N-dealkylation sites (N-methyl/N-ethyl adjacent to an activating group) is 1. The van der Waals surface area contributed by atoms with Gasteiger partial charge in [0, 0.05) is 31.1 Å². The molecule has 18 heavy (non-hydrogen) atoms. The highest BCUT2D eigenvalue weighted by molar-refractivity contribution is 7.10. The lowest BCUT2D eigenvalue weighted by Gasteiger charge is -2.33. The molecule has 1 aliphatic rings. The van der Waals surface area contributed by atoms with Gasteiger partial charge < -0.3 is 15.1 Å². The molecule has 1 N–H and O–H groups in total. The zero-order valence-electron chi connectivity index (χ0n) is 11.1. The number of rotatable bonds is 3. The van der Waals surface area contributed by atoms with Crippen LogP contribution in [0.25, 0.3) is 0 Å². The van der Waals surface area contributed by atoms with Crippen LogP contribution in [-0.2, 0) is 6.54 Å². The van der Waals surface area contributed by atoms with Crippen LogP contribution < -0.4 is 5.32 Å². The molecule has 4 nitrogen and oxygen atoms in total. The number of urea groups is 1. The predicted molar refractivity (Wildman–Crippen MR) is 75.0 cm³/mol. The Labute approximate surface area is 113 Å². The van der Waals surface area contributed by atoms with Crippen molar-refractivity contribution in [2.75, 3.05) is 32.7 Å². The Morgan fingerprint density at radius 2 is 2.11 bits per heavy atom. The van der Waals surface area contributed by atoms with E-state index in [1.165, 1.54) is 10.4 Å². The fraction of sp³-hybridized carbons (Fsp3) is 0.615. The standard InChI is InChI=1S/C13H21N3OS/c1-3-15-5-7-16(8-6-15)13(17)14-10-12-11(2)4-9-18-12/h4,9H,3,5-8,10H2,1-2H3,(H,14,17). The van der Waals surface area contributed by atoms with Crippen molar-refractivity contribution in [3.05, 3.63) is 21.9 Å². The highest BCUT2D eigenvalue weighted by atomic mass is 32.1. The van der Waals surface area contributed by atoms with E-state index in [0.717, 1.165) is 32.7 Å². The first-order chi connectivity index (χ1) is 8.70. The van der Waals surface area contributed by atoms with Gasteiger partial charge in [-0.3, -0.25) is 0 Å². The Bertz CT molecular complexity index is 397. The molecule has 2 rings (SSSR count). The highest BCUT2D eigenvalue weighted by Crippen LogP contribution is 2.15. The average molecular weight is 267 g/mol. The molecule has 0 radical (unpaired) electrons. The minimum atomic E-state index is 0.0681. The number of carbonyl (C=O) groups excluding carboxylic acids is 1. The fourth-order valence-electron chi connectivity index (χ4n) is 2.12. The van der Waals surface area contributed by atoms with Crippen LogP contribution in [0.3, 0.4) is 0 Å². The number of carbonyl (C=O) groups is 1. The second kappa shape index (κ2) is 6.20. The minimum absolute atomic E-state index is 0.0681. The van der Waals surface area contributed by atoms with Crippen molar-refractivity contribution in [3.63, 3.8) is 0 Å². The molecule has 0 atom stereocenters. The maximum Gasteiger partial charge on any atom is 0.317 e. The van der Waals surface area contributed by atoms with Crippen molar-refractivity contribution in [1.29, 1.82) is 0 Å². The Morgan fingerprint density at radius 3 is 2.67 bits per heavy atom. The van der Waals surface area contributed by atoms with Crippen LogP contribution in [0.2, 0.25) is 0 Å². The molecule has 0 saturated carbocycles. The first-order valence-electron chi connectivity index (χ1n) is 6.48. The van der Waals surface area contributed by atoms with E-state index in [9.17, 15) is 4.79 Å². The van der Waals surface area contributed by atoms with Crippen LogP contribution in [-0.4, -0.2) is 48.6 Å². The summed E-state index contributed by atoms with van der Waals surface area (Å²) < 4.78 is 0. The maximum absolute atomic E-state index is 12.0. The molecule has 0 aromatic carbocycles. The number of thiophene rings is 1. The molecule has 1 aromatic heterocycles. The summed E-state index contributed by atoms with van der Waals surface area (Å²) in [4.78, 5) is 17.5. The predicted octanol–water partition coefficient (Wildman–Crippen LogP) is 1.90. The van der Waals surface area contributed by atoms with Crippen LogP contribution >= 0.6 is 11.3 Å². The summed E-state index contributed by atoms with van der Waals surface area (Å²) in [7, 11) is 0. The quantitative estimate of drug-likeness (QED) is 0.908. The van der Waals surface area contributed by atoms with Crippen LogP contribution in [0.5, 0.6) is 0 Å². The number of hydrogen-bond acceptors (Lipinski definition) is 3. The third-order valence-electron chi connectivity index (χ3n) is 3.48. The van der Waals surface area contributed by atoms with E-state index >= 15 is 0 Å². The van der Waals surface area contributed by atoms with E-state index in [-0.39, 0.29) is 6.03 Å². The van der Waals surface area contributed by atoms with Gasteiger partial charge in [0.05, 0.1) is 6.54 Å². The Hall–Kier alpha value is -1.07. The molecule has 2 amide bonds. The van der Waals surface area contributed by atoms with Gasteiger partial charge in [0.2, 0.25) is 0 Å². The van der Waals surface area contributed by atoms with Gasteiger partial charge in [-0.25, -0.2) is 4.79 Å². The molecule has 0 spiro atoms. The number of aryl methyl sites for hydroxylation is 1. The van der Waals surface area contributed by atoms with Gasteiger partial charge in [0.25, 0.3) is 0 Å². The molecule has 1 saturated heterocycles. The van der Waals surface area contributed by atoms with E-state index in [1.54, 1.807) is 11.3 Å². The molecular formula is C13H21N3OS. The summed E-state index contributed by atoms with van der Waals surface area (Å²) in [5, 5.41) is 5.07. The fourth-order valence-corrected chi connectivity index (χ4v) is 2.97. The third-order valence-corrected chi connectivity index (χ3v) is 4.50. The van der Waals surface area contributed by atoms with Crippen molar-refractivity contribution in [1.82, 2.24) is 15.1 Å². The van der Waals surface area contributed by atoms with E-state index in [2.05, 4.69) is 35.5 Å². The van der Waals surface area contributed by atoms with Crippen LogP contribution in [0.4, 0.5) is 4.79 Å². The maximum atomic E-state index is 12.0. The highest BCUT2D eigenvalue weighted by Gasteiger charge is 2.19. The van der Waals surface area contributed by atoms with E-state index in [1.807, 2.05) is 4.90 Å². The molecule has 2 heterocycles. The molecular weight excluding hydrogens is 246 g/mol. The van der Waals surface area contributed by atoms with E-state index < -0.39 is 0 Å². The van der Waals surface area contributed by atoms with Crippen LogP contribution in [0.1, 0.15) is 17.4 Å². The van der Waals surface area contributed by atoms with Crippen molar-refractivity contribution in [3.8, 4) is 0 Å². The normalized spacial score (nSPS) is 16.9. The van der Waals surface area contributed by atoms with Crippen molar-refractivity contribution < 1.29 is 4.79 Å². The zero-order chi connectivity index (χ0) is 13.0. The summed E-state index contributed by atoms with van der Waals surface area (Å²) in [6, 6.07) is 2.16. The molecule has 0 bridgehead atoms. The number of nitrogens with one attached hydrogen (secondary N) is 1. The minimum Gasteiger partial charge on any atom is -0.333 e. The molecule has 1 fully saturated rings. The monoisotopic (exact) mass is 267 g/mol. The SMILES string of the molecule is CCN1CCN(C(=O)NCc2sccc2C)CC1. The lowest BCUT2D eigenvalue weighted by molar-refractivity contribution is 0.143. The first-order valence-corrected chi connectivity index (χ1v) is 7.36. The Balaban J connectivity index is 1.77. The molecule has 0 aliphatic carbocycles. The summed E-state index contributed by atoms with van der Waals surface area (Å²) in [5.74, 6) is 0. The smallest absolute Gasteiger partial charge is 0.317 e. The third kappa shape index (κ3) is 3.23. The number of amides is 2. The zero-order valence-corrected chi connectivity index (χ0v) is 11.9. The van der Waals surface area contributed by atoms with Gasteiger partial charge in [-0.05, 0) is 30.5 Å². The lowest BCUT2D eigenvalue weighted by Crippen LogP contribution is -2.51. The summed E-state index contributed by atoms with van der Waals surface area (Å²) in [5.41, 5.74) is 1.26.